The van der Waals surface area contributed by atoms with Crippen molar-refractivity contribution in [2.24, 2.45) is 22.2 Å². The van der Waals surface area contributed by atoms with Crippen molar-refractivity contribution in [2.45, 2.75) is 57.7 Å². The number of guanidine groups is 1. The molecule has 0 unspecified atom stereocenters. The lowest BCUT2D eigenvalue weighted by Crippen LogP contribution is -2.53. The number of aromatic nitrogens is 4. The smallest absolute Gasteiger partial charge is 0.249 e. The Hall–Kier alpha value is -5.24. The van der Waals surface area contributed by atoms with Gasteiger partial charge in [0.2, 0.25) is 23.5 Å². The van der Waals surface area contributed by atoms with Crippen molar-refractivity contribution in [1.82, 2.24) is 30.7 Å². The van der Waals surface area contributed by atoms with E-state index in [1.54, 1.807) is 18.3 Å². The topological polar surface area (TPSA) is 236 Å². The van der Waals surface area contributed by atoms with Crippen LogP contribution in [0.4, 0.5) is 0 Å². The molecule has 14 heteroatoms. The van der Waals surface area contributed by atoms with Gasteiger partial charge in [0.25, 0.3) is 0 Å². The Kier molecular flexibility index (Phi) is 10.6. The van der Waals surface area contributed by atoms with E-state index in [4.69, 9.17) is 21.7 Å². The number of amides is 2. The number of imidazole rings is 1. The fourth-order valence-corrected chi connectivity index (χ4v) is 4.80. The van der Waals surface area contributed by atoms with Crippen LogP contribution in [0.25, 0.3) is 11.4 Å². The van der Waals surface area contributed by atoms with Gasteiger partial charge in [0.15, 0.2) is 5.96 Å². The summed E-state index contributed by atoms with van der Waals surface area (Å²) >= 11 is 0. The summed E-state index contributed by atoms with van der Waals surface area (Å²) in [7, 11) is 0. The molecular weight excluding hydrogens is 564 g/mol. The summed E-state index contributed by atoms with van der Waals surface area (Å²) in [6, 6.07) is 9.87. The van der Waals surface area contributed by atoms with Crippen LogP contribution >= 0.6 is 0 Å². The number of aryl methyl sites for hydroxylation is 2. The number of aliphatic imine (C=N–C) groups is 1. The zero-order valence-corrected chi connectivity index (χ0v) is 24.7. The van der Waals surface area contributed by atoms with Gasteiger partial charge in [0.05, 0.1) is 12.4 Å². The van der Waals surface area contributed by atoms with Crippen molar-refractivity contribution in [3.8, 4) is 17.1 Å². The molecule has 10 N–H and O–H groups in total. The summed E-state index contributed by atoms with van der Waals surface area (Å²) in [5.41, 5.74) is 20.7. The van der Waals surface area contributed by atoms with E-state index in [-0.39, 0.29) is 30.4 Å². The number of phenolic OH excluding ortho intramolecular Hbond substituents is 1. The van der Waals surface area contributed by atoms with Crippen LogP contribution in [0.15, 0.2) is 64.5 Å². The number of benzene rings is 2. The number of phenols is 1. The van der Waals surface area contributed by atoms with Crippen LogP contribution in [0.2, 0.25) is 0 Å². The van der Waals surface area contributed by atoms with Crippen LogP contribution < -0.4 is 27.8 Å². The van der Waals surface area contributed by atoms with Crippen molar-refractivity contribution in [1.29, 1.82) is 0 Å². The highest BCUT2D eigenvalue weighted by Crippen LogP contribution is 2.24. The molecule has 0 saturated heterocycles. The molecule has 0 fully saturated rings. The van der Waals surface area contributed by atoms with Crippen LogP contribution in [-0.4, -0.2) is 61.6 Å². The summed E-state index contributed by atoms with van der Waals surface area (Å²) in [4.78, 5) is 42.7. The fourth-order valence-electron chi connectivity index (χ4n) is 4.80. The van der Waals surface area contributed by atoms with Gasteiger partial charge in [-0.05, 0) is 55.5 Å². The highest BCUT2D eigenvalue weighted by atomic mass is 16.5. The van der Waals surface area contributed by atoms with Gasteiger partial charge in [0.1, 0.15) is 17.8 Å². The van der Waals surface area contributed by atoms with Crippen molar-refractivity contribution < 1.29 is 19.2 Å². The van der Waals surface area contributed by atoms with E-state index in [0.717, 1.165) is 27.9 Å². The number of rotatable bonds is 14. The number of aromatic hydroxyl groups is 1. The highest BCUT2D eigenvalue weighted by molar-refractivity contribution is 5.90. The monoisotopic (exact) mass is 602 g/mol. The maximum Gasteiger partial charge on any atom is 0.249 e. The molecule has 0 aliphatic rings. The number of carbonyl (C=O) groups excluding carboxylic acids is 2. The number of nitrogens with two attached hydrogens (primary N) is 3. The number of carbonyl (C=O) groups is 2. The summed E-state index contributed by atoms with van der Waals surface area (Å²) in [6.07, 6.45) is 4.37. The summed E-state index contributed by atoms with van der Waals surface area (Å²) in [5.74, 6) is -0.357. The zero-order valence-electron chi connectivity index (χ0n) is 24.7. The Labute approximate surface area is 254 Å². The maximum absolute atomic E-state index is 13.9. The SMILES string of the molecule is Cc1cc(O)cc(C)c1C[C@H](NC(=O)[C@H](N)CCCN=C(N)N)C(=O)N[C@@H](Cc1cnc[nH]1)c1nc(-c2ccccc2)no1. The van der Waals surface area contributed by atoms with E-state index < -0.39 is 29.9 Å². The van der Waals surface area contributed by atoms with Crippen molar-refractivity contribution in [2.75, 3.05) is 6.54 Å². The van der Waals surface area contributed by atoms with Crippen LogP contribution in [0.3, 0.4) is 0 Å². The zero-order chi connectivity index (χ0) is 31.6. The first kappa shape index (κ1) is 31.7. The lowest BCUT2D eigenvalue weighted by Gasteiger charge is -2.24. The highest BCUT2D eigenvalue weighted by Gasteiger charge is 2.30. The van der Waals surface area contributed by atoms with Crippen LogP contribution in [-0.2, 0) is 22.4 Å². The second-order valence-electron chi connectivity index (χ2n) is 10.5. The molecule has 44 heavy (non-hydrogen) atoms. The van der Waals surface area contributed by atoms with Crippen LogP contribution in [0.5, 0.6) is 5.75 Å². The number of aromatic amines is 1. The number of nitrogens with zero attached hydrogens (tertiary/aromatic N) is 4. The number of H-pyrrole nitrogens is 1. The standard InChI is InChI=1S/C30H38N10O4/c1-17-11-21(41)12-18(2)22(17)14-24(37-27(42)23(31)9-6-10-35-30(32)33)28(43)38-25(13-20-15-34-16-36-20)29-39-26(40-44-29)19-7-4-3-5-8-19/h3-5,7-8,11-12,15-16,23-25,41H,6,9-10,13-14,31H2,1-2H3,(H,34,36)(H,37,42)(H,38,43)(H4,32,33,35)/t23-,24+,25+/m1/s1. The predicted octanol–water partition coefficient (Wildman–Crippen LogP) is 1.29. The van der Waals surface area contributed by atoms with Crippen molar-refractivity contribution in [3.05, 3.63) is 83.3 Å². The van der Waals surface area contributed by atoms with E-state index in [0.29, 0.717) is 25.2 Å². The molecule has 4 aromatic rings. The molecule has 0 spiro atoms. The molecule has 4 rings (SSSR count). The van der Waals surface area contributed by atoms with E-state index in [2.05, 4.69) is 35.7 Å². The van der Waals surface area contributed by atoms with E-state index in [1.807, 2.05) is 44.2 Å². The second kappa shape index (κ2) is 14.8. The molecule has 14 nitrogen and oxygen atoms in total. The van der Waals surface area contributed by atoms with Gasteiger partial charge < -0.3 is 42.4 Å². The van der Waals surface area contributed by atoms with Gasteiger partial charge in [-0.2, -0.15) is 4.98 Å². The molecule has 0 aliphatic heterocycles. The number of hydrogen-bond acceptors (Lipinski definition) is 9. The average Bonchev–Trinajstić information content (AvgIpc) is 3.69. The lowest BCUT2D eigenvalue weighted by atomic mass is 9.95. The minimum absolute atomic E-state index is 0.0405. The summed E-state index contributed by atoms with van der Waals surface area (Å²) in [6.45, 7) is 3.99. The molecule has 2 aromatic heterocycles. The molecule has 0 saturated carbocycles. The third kappa shape index (κ3) is 8.64. The van der Waals surface area contributed by atoms with E-state index >= 15 is 0 Å². The lowest BCUT2D eigenvalue weighted by molar-refractivity contribution is -0.130. The van der Waals surface area contributed by atoms with Crippen molar-refractivity contribution in [3.63, 3.8) is 0 Å². The summed E-state index contributed by atoms with van der Waals surface area (Å²) in [5, 5.41) is 20.0. The maximum atomic E-state index is 13.9. The quantitative estimate of drug-likeness (QED) is 0.0620. The molecule has 0 radical (unpaired) electrons. The number of hydrogen-bond donors (Lipinski definition) is 7. The Morgan fingerprint density at radius 1 is 1.07 bits per heavy atom. The molecular formula is C30H38N10O4. The molecule has 232 valence electrons. The average molecular weight is 603 g/mol. The molecule has 2 heterocycles. The van der Waals surface area contributed by atoms with Crippen LogP contribution in [0.1, 0.15) is 47.2 Å². The minimum atomic E-state index is -1.02. The predicted molar refractivity (Wildman–Crippen MR) is 164 cm³/mol. The van der Waals surface area contributed by atoms with Crippen molar-refractivity contribution >= 4 is 17.8 Å². The van der Waals surface area contributed by atoms with Crippen LogP contribution in [0, 0.1) is 13.8 Å². The van der Waals surface area contributed by atoms with Gasteiger partial charge >= 0.3 is 0 Å². The molecule has 0 aliphatic carbocycles. The Morgan fingerprint density at radius 3 is 2.45 bits per heavy atom. The van der Waals surface area contributed by atoms with Gasteiger partial charge in [-0.15, -0.1) is 0 Å². The third-order valence-corrected chi connectivity index (χ3v) is 7.09. The first-order valence-corrected chi connectivity index (χ1v) is 14.2. The Bertz CT molecular complexity index is 1540. The Balaban J connectivity index is 1.58. The molecule has 2 amide bonds. The Morgan fingerprint density at radius 2 is 1.80 bits per heavy atom. The fraction of sp³-hybridized carbons (Fsp3) is 0.333. The van der Waals surface area contributed by atoms with Gasteiger partial charge in [0, 0.05) is 36.8 Å². The second-order valence-corrected chi connectivity index (χ2v) is 10.5. The third-order valence-electron chi connectivity index (χ3n) is 7.09. The largest absolute Gasteiger partial charge is 0.508 e. The van der Waals surface area contributed by atoms with Gasteiger partial charge in [-0.1, -0.05) is 35.5 Å². The first-order valence-electron chi connectivity index (χ1n) is 14.2. The minimum Gasteiger partial charge on any atom is -0.508 e. The van der Waals surface area contributed by atoms with E-state index in [9.17, 15) is 14.7 Å². The molecule has 3 atom stereocenters. The normalized spacial score (nSPS) is 13.1. The van der Waals surface area contributed by atoms with E-state index in [1.165, 1.54) is 6.33 Å². The van der Waals surface area contributed by atoms with Gasteiger partial charge in [-0.25, -0.2) is 4.98 Å². The summed E-state index contributed by atoms with van der Waals surface area (Å²) < 4.78 is 5.60. The molecule has 0 bridgehead atoms. The van der Waals surface area contributed by atoms with Gasteiger partial charge in [-0.3, -0.25) is 14.6 Å². The molecule has 2 aromatic carbocycles. The first-order chi connectivity index (χ1) is 21.1. The number of nitrogens with one attached hydrogen (secondary N) is 3.